The number of rotatable bonds is 6. The van der Waals surface area contributed by atoms with E-state index in [1.807, 2.05) is 24.3 Å². The fraction of sp³-hybridized carbons (Fsp3) is 0.379. The van der Waals surface area contributed by atoms with Crippen LogP contribution in [0.25, 0.3) is 0 Å². The lowest BCUT2D eigenvalue weighted by Gasteiger charge is -2.35. The van der Waals surface area contributed by atoms with Crippen LogP contribution in [0.5, 0.6) is 11.5 Å². The summed E-state index contributed by atoms with van der Waals surface area (Å²) in [6.07, 6.45) is 5.80. The molecule has 1 fully saturated rings. The number of ether oxygens (including phenoxy) is 1. The molecule has 2 atom stereocenters. The van der Waals surface area contributed by atoms with Gasteiger partial charge in [-0.2, -0.15) is 0 Å². The molecule has 3 aromatic carbocycles. The van der Waals surface area contributed by atoms with Crippen LogP contribution in [0.1, 0.15) is 59.8 Å². The molecule has 0 amide bonds. The van der Waals surface area contributed by atoms with E-state index in [4.69, 9.17) is 4.74 Å². The molecule has 1 unspecified atom stereocenters. The molecule has 33 heavy (non-hydrogen) atoms. The van der Waals surface area contributed by atoms with Crippen molar-refractivity contribution in [1.82, 2.24) is 4.90 Å². The van der Waals surface area contributed by atoms with Gasteiger partial charge in [0, 0.05) is 12.5 Å². The van der Waals surface area contributed by atoms with E-state index in [0.717, 1.165) is 30.7 Å². The first-order valence-corrected chi connectivity index (χ1v) is 12.2. The van der Waals surface area contributed by atoms with Crippen molar-refractivity contribution in [2.45, 2.75) is 43.9 Å². The number of hydrogen-bond acceptors (Lipinski definition) is 3. The van der Waals surface area contributed by atoms with Crippen LogP contribution in [0, 0.1) is 5.82 Å². The third-order valence-corrected chi connectivity index (χ3v) is 7.25. The third kappa shape index (κ3) is 5.06. The molecule has 0 radical (unpaired) electrons. The highest BCUT2D eigenvalue weighted by Crippen LogP contribution is 2.47. The average molecular weight is 446 g/mol. The normalized spacial score (nSPS) is 20.9. The van der Waals surface area contributed by atoms with E-state index in [1.165, 1.54) is 49.0 Å². The quantitative estimate of drug-likeness (QED) is 0.486. The Labute approximate surface area is 195 Å². The number of aromatic hydroxyl groups is 1. The Hall–Kier alpha value is -2.85. The average Bonchev–Trinajstić information content (AvgIpc) is 2.85. The maximum absolute atomic E-state index is 13.6. The minimum absolute atomic E-state index is 0.155. The van der Waals surface area contributed by atoms with Gasteiger partial charge in [0.25, 0.3) is 0 Å². The second kappa shape index (κ2) is 9.96. The smallest absolute Gasteiger partial charge is 0.123 e. The van der Waals surface area contributed by atoms with Crippen molar-refractivity contribution in [3.63, 3.8) is 0 Å². The van der Waals surface area contributed by atoms with Crippen molar-refractivity contribution < 1.29 is 14.2 Å². The third-order valence-electron chi connectivity index (χ3n) is 7.25. The van der Waals surface area contributed by atoms with Gasteiger partial charge in [0.05, 0.1) is 0 Å². The van der Waals surface area contributed by atoms with Crippen LogP contribution in [-0.2, 0) is 6.42 Å². The van der Waals surface area contributed by atoms with Gasteiger partial charge in [-0.05, 0) is 103 Å². The van der Waals surface area contributed by atoms with Crippen LogP contribution < -0.4 is 4.74 Å². The summed E-state index contributed by atoms with van der Waals surface area (Å²) in [7, 11) is 0. The van der Waals surface area contributed by atoms with E-state index >= 15 is 0 Å². The predicted molar refractivity (Wildman–Crippen MR) is 130 cm³/mol. The number of piperidine rings is 1. The molecule has 172 valence electrons. The van der Waals surface area contributed by atoms with Gasteiger partial charge in [0.1, 0.15) is 23.9 Å². The Bertz CT molecular complexity index is 1060. The molecule has 5 rings (SSSR count). The number of hydrogen-bond donors (Lipinski definition) is 1. The van der Waals surface area contributed by atoms with E-state index in [9.17, 15) is 9.50 Å². The second-order valence-corrected chi connectivity index (χ2v) is 9.38. The van der Waals surface area contributed by atoms with Crippen LogP contribution in [-0.4, -0.2) is 36.2 Å². The zero-order valence-electron chi connectivity index (χ0n) is 19.1. The standard InChI is InChI=1S/C29H32FNO2/c30-24-9-4-21(5-10-24)27-14-8-23-20-25(32)11-15-28(23)29(27)22-6-12-26(13-7-22)33-19-18-31-16-2-1-3-17-31/h4-7,9-13,15,20,27,29,32H,1-3,8,14,16-19H2/t27?,29-/m1/s1. The molecule has 2 aliphatic rings. The number of aryl methyl sites for hydroxylation is 1. The number of phenols is 1. The first-order valence-electron chi connectivity index (χ1n) is 12.2. The van der Waals surface area contributed by atoms with Crippen molar-refractivity contribution in [2.75, 3.05) is 26.2 Å². The molecule has 3 aromatic rings. The first-order chi connectivity index (χ1) is 16.2. The fourth-order valence-electron chi connectivity index (χ4n) is 5.53. The highest BCUT2D eigenvalue weighted by Gasteiger charge is 2.32. The molecular formula is C29H32FNO2. The molecular weight excluding hydrogens is 413 g/mol. The predicted octanol–water partition coefficient (Wildman–Crippen LogP) is 6.26. The Morgan fingerprint density at radius 1 is 0.879 bits per heavy atom. The van der Waals surface area contributed by atoms with Gasteiger partial charge >= 0.3 is 0 Å². The number of halogens is 1. The Morgan fingerprint density at radius 2 is 1.61 bits per heavy atom. The van der Waals surface area contributed by atoms with Crippen molar-refractivity contribution in [1.29, 1.82) is 0 Å². The Balaban J connectivity index is 1.36. The molecule has 1 N–H and O–H groups in total. The van der Waals surface area contributed by atoms with Gasteiger partial charge in [-0.15, -0.1) is 0 Å². The monoisotopic (exact) mass is 445 g/mol. The Morgan fingerprint density at radius 3 is 2.36 bits per heavy atom. The van der Waals surface area contributed by atoms with Crippen LogP contribution in [0.4, 0.5) is 4.39 Å². The molecule has 0 spiro atoms. The summed E-state index contributed by atoms with van der Waals surface area (Å²) in [6.45, 7) is 4.06. The van der Waals surface area contributed by atoms with Gasteiger partial charge in [-0.1, -0.05) is 36.8 Å². The molecule has 0 saturated carbocycles. The van der Waals surface area contributed by atoms with Gasteiger partial charge in [0.15, 0.2) is 0 Å². The first kappa shape index (κ1) is 22.0. The van der Waals surface area contributed by atoms with E-state index in [2.05, 4.69) is 29.2 Å². The maximum Gasteiger partial charge on any atom is 0.123 e. The second-order valence-electron chi connectivity index (χ2n) is 9.38. The van der Waals surface area contributed by atoms with Gasteiger partial charge < -0.3 is 9.84 Å². The Kier molecular flexibility index (Phi) is 6.63. The van der Waals surface area contributed by atoms with Crippen LogP contribution in [0.15, 0.2) is 66.7 Å². The van der Waals surface area contributed by atoms with Gasteiger partial charge in [-0.25, -0.2) is 4.39 Å². The molecule has 1 heterocycles. The van der Waals surface area contributed by atoms with Crippen molar-refractivity contribution in [3.05, 3.63) is 94.8 Å². The summed E-state index contributed by atoms with van der Waals surface area (Å²) >= 11 is 0. The van der Waals surface area contributed by atoms with Gasteiger partial charge in [-0.3, -0.25) is 4.90 Å². The van der Waals surface area contributed by atoms with Crippen LogP contribution in [0.2, 0.25) is 0 Å². The van der Waals surface area contributed by atoms with E-state index in [-0.39, 0.29) is 17.7 Å². The highest BCUT2D eigenvalue weighted by molar-refractivity contribution is 5.48. The summed E-state index contributed by atoms with van der Waals surface area (Å²) in [5, 5.41) is 10.0. The van der Waals surface area contributed by atoms with Gasteiger partial charge in [0.2, 0.25) is 0 Å². The lowest BCUT2D eigenvalue weighted by molar-refractivity contribution is 0.183. The summed E-state index contributed by atoms with van der Waals surface area (Å²) in [6, 6.07) is 21.1. The van der Waals surface area contributed by atoms with Crippen molar-refractivity contribution >= 4 is 0 Å². The maximum atomic E-state index is 13.6. The molecule has 1 saturated heterocycles. The van der Waals surface area contributed by atoms with E-state index in [0.29, 0.717) is 12.4 Å². The summed E-state index contributed by atoms with van der Waals surface area (Å²) in [5.41, 5.74) is 4.81. The lowest BCUT2D eigenvalue weighted by atomic mass is 9.69. The fourth-order valence-corrected chi connectivity index (χ4v) is 5.53. The summed E-state index contributed by atoms with van der Waals surface area (Å²) < 4.78 is 19.6. The number of fused-ring (bicyclic) bond motifs is 1. The number of benzene rings is 3. The molecule has 1 aliphatic carbocycles. The van der Waals surface area contributed by atoms with E-state index < -0.39 is 0 Å². The summed E-state index contributed by atoms with van der Waals surface area (Å²) in [4.78, 5) is 2.49. The zero-order valence-corrected chi connectivity index (χ0v) is 19.1. The van der Waals surface area contributed by atoms with Crippen LogP contribution >= 0.6 is 0 Å². The highest BCUT2D eigenvalue weighted by atomic mass is 19.1. The molecule has 0 aromatic heterocycles. The minimum Gasteiger partial charge on any atom is -0.508 e. The molecule has 3 nitrogen and oxygen atoms in total. The van der Waals surface area contributed by atoms with E-state index in [1.54, 1.807) is 18.2 Å². The number of phenolic OH excluding ortho intramolecular Hbond substituents is 1. The molecule has 0 bridgehead atoms. The number of likely N-dealkylation sites (tertiary alicyclic amines) is 1. The summed E-state index contributed by atoms with van der Waals surface area (Å²) in [5.74, 6) is 1.42. The van der Waals surface area contributed by atoms with Crippen molar-refractivity contribution in [3.8, 4) is 11.5 Å². The van der Waals surface area contributed by atoms with Crippen LogP contribution in [0.3, 0.4) is 0 Å². The topological polar surface area (TPSA) is 32.7 Å². The zero-order chi connectivity index (χ0) is 22.6. The minimum atomic E-state index is -0.206. The van der Waals surface area contributed by atoms with Crippen molar-refractivity contribution in [2.24, 2.45) is 0 Å². The lowest BCUT2D eigenvalue weighted by Crippen LogP contribution is -2.33. The molecule has 4 heteroatoms. The number of nitrogens with zero attached hydrogens (tertiary/aromatic N) is 1. The molecule has 1 aliphatic heterocycles. The largest absolute Gasteiger partial charge is 0.508 e. The SMILES string of the molecule is Oc1ccc2c(c1)CCC(c1ccc(F)cc1)[C@H]2c1ccc(OCCN2CCCCC2)cc1.